The van der Waals surface area contributed by atoms with Gasteiger partial charge in [-0.3, -0.25) is 4.79 Å². The molecule has 1 saturated carbocycles. The summed E-state index contributed by atoms with van der Waals surface area (Å²) in [5.74, 6) is -0.132. The van der Waals surface area contributed by atoms with Gasteiger partial charge in [-0.15, -0.1) is 11.3 Å². The Morgan fingerprint density at radius 3 is 2.53 bits per heavy atom. The Morgan fingerprint density at radius 1 is 1.53 bits per heavy atom. The number of rotatable bonds is 3. The molecule has 0 aromatic carbocycles. The van der Waals surface area contributed by atoms with Crippen LogP contribution in [0.2, 0.25) is 0 Å². The van der Waals surface area contributed by atoms with Gasteiger partial charge in [0.25, 0.3) is 15.0 Å². The van der Waals surface area contributed by atoms with Crippen LogP contribution in [0.4, 0.5) is 0 Å². The van der Waals surface area contributed by atoms with Gasteiger partial charge in [-0.1, -0.05) is 0 Å². The van der Waals surface area contributed by atoms with E-state index in [0.717, 1.165) is 24.2 Å². The van der Waals surface area contributed by atoms with Gasteiger partial charge in [-0.05, 0) is 25.3 Å². The first-order chi connectivity index (χ1) is 7.82. The van der Waals surface area contributed by atoms with E-state index in [4.69, 9.17) is 10.7 Å². The molecule has 17 heavy (non-hydrogen) atoms. The van der Waals surface area contributed by atoms with Crippen molar-refractivity contribution in [3.63, 3.8) is 0 Å². The second-order valence-electron chi connectivity index (χ2n) is 4.15. The number of carbonyl (C=O) groups excluding carboxylic acids is 1. The van der Waals surface area contributed by atoms with Crippen LogP contribution in [0.1, 0.15) is 28.8 Å². The molecule has 2 rings (SSSR count). The van der Waals surface area contributed by atoms with Crippen molar-refractivity contribution >= 4 is 37.0 Å². The highest BCUT2D eigenvalue weighted by atomic mass is 35.7. The van der Waals surface area contributed by atoms with Crippen LogP contribution < -0.4 is 0 Å². The standard InChI is InChI=1S/C10H12ClNO3S2/c1-6-8(5-16-10(6)17(11,14)15)9(13)12(2)7-3-4-7/h5,7H,3-4H2,1-2H3. The summed E-state index contributed by atoms with van der Waals surface area (Å²) in [6.45, 7) is 1.61. The fourth-order valence-corrected chi connectivity index (χ4v) is 4.21. The molecule has 0 unspecified atom stereocenters. The van der Waals surface area contributed by atoms with Gasteiger partial charge in [0.05, 0.1) is 5.56 Å². The SMILES string of the molecule is Cc1c(C(=O)N(C)C2CC2)csc1S(=O)(=O)Cl. The molecule has 1 aromatic rings. The molecule has 0 bridgehead atoms. The fraction of sp³-hybridized carbons (Fsp3) is 0.500. The molecule has 1 heterocycles. The summed E-state index contributed by atoms with van der Waals surface area (Å²) in [5, 5.41) is 1.56. The van der Waals surface area contributed by atoms with E-state index in [-0.39, 0.29) is 10.1 Å². The maximum Gasteiger partial charge on any atom is 0.271 e. The van der Waals surface area contributed by atoms with Crippen LogP contribution in [-0.4, -0.2) is 32.3 Å². The third kappa shape index (κ3) is 2.48. The number of halogens is 1. The van der Waals surface area contributed by atoms with Crippen LogP contribution in [0.3, 0.4) is 0 Å². The third-order valence-electron chi connectivity index (χ3n) is 2.86. The van der Waals surface area contributed by atoms with Gasteiger partial charge in [0.15, 0.2) is 0 Å². The minimum Gasteiger partial charge on any atom is -0.339 e. The number of thiophene rings is 1. The van der Waals surface area contributed by atoms with Gasteiger partial charge in [0, 0.05) is 29.2 Å². The molecule has 1 fully saturated rings. The maximum atomic E-state index is 12.1. The van der Waals surface area contributed by atoms with Gasteiger partial charge in [0.2, 0.25) is 0 Å². The molecule has 94 valence electrons. The average molecular weight is 294 g/mol. The van der Waals surface area contributed by atoms with Gasteiger partial charge in [-0.2, -0.15) is 0 Å². The summed E-state index contributed by atoms with van der Waals surface area (Å²) in [6.07, 6.45) is 2.04. The Labute approximate surface area is 109 Å². The molecule has 0 radical (unpaired) electrons. The van der Waals surface area contributed by atoms with Crippen molar-refractivity contribution in [1.29, 1.82) is 0 Å². The third-order valence-corrected chi connectivity index (χ3v) is 6.17. The second-order valence-corrected chi connectivity index (χ2v) is 7.79. The average Bonchev–Trinajstić information content (AvgIpc) is 2.98. The first-order valence-electron chi connectivity index (χ1n) is 5.12. The Bertz CT molecular complexity index is 560. The van der Waals surface area contributed by atoms with Crippen molar-refractivity contribution in [1.82, 2.24) is 4.90 Å². The number of hydrogen-bond acceptors (Lipinski definition) is 4. The number of carbonyl (C=O) groups is 1. The van der Waals surface area contributed by atoms with Gasteiger partial charge in [-0.25, -0.2) is 8.42 Å². The predicted molar refractivity (Wildman–Crippen MR) is 67.2 cm³/mol. The minimum atomic E-state index is -3.76. The summed E-state index contributed by atoms with van der Waals surface area (Å²) in [5.41, 5.74) is 0.881. The van der Waals surface area contributed by atoms with E-state index in [1.54, 1.807) is 24.3 Å². The molecule has 4 nitrogen and oxygen atoms in total. The molecule has 0 spiro atoms. The van der Waals surface area contributed by atoms with Crippen molar-refractivity contribution < 1.29 is 13.2 Å². The van der Waals surface area contributed by atoms with Crippen molar-refractivity contribution in [2.24, 2.45) is 0 Å². The van der Waals surface area contributed by atoms with Crippen LogP contribution in [0.15, 0.2) is 9.59 Å². The minimum absolute atomic E-state index is 0.0618. The maximum absolute atomic E-state index is 12.1. The zero-order valence-electron chi connectivity index (χ0n) is 9.44. The zero-order chi connectivity index (χ0) is 12.8. The number of hydrogen-bond donors (Lipinski definition) is 0. The molecule has 0 aliphatic heterocycles. The first kappa shape index (κ1) is 12.9. The Hall–Kier alpha value is -0.590. The second kappa shape index (κ2) is 4.26. The van der Waals surface area contributed by atoms with Gasteiger partial charge >= 0.3 is 0 Å². The van der Waals surface area contributed by atoms with Crippen molar-refractivity contribution in [3.05, 3.63) is 16.5 Å². The molecule has 0 atom stereocenters. The summed E-state index contributed by atoms with van der Waals surface area (Å²) in [4.78, 5) is 13.7. The lowest BCUT2D eigenvalue weighted by molar-refractivity contribution is 0.0785. The lowest BCUT2D eigenvalue weighted by Gasteiger charge is -2.15. The molecule has 0 saturated heterocycles. The van der Waals surface area contributed by atoms with E-state index < -0.39 is 9.05 Å². The monoisotopic (exact) mass is 293 g/mol. The highest BCUT2D eigenvalue weighted by molar-refractivity contribution is 8.15. The number of amides is 1. The van der Waals surface area contributed by atoms with E-state index >= 15 is 0 Å². The van der Waals surface area contributed by atoms with E-state index in [9.17, 15) is 13.2 Å². The smallest absolute Gasteiger partial charge is 0.271 e. The van der Waals surface area contributed by atoms with Crippen molar-refractivity contribution in [2.75, 3.05) is 7.05 Å². The fourth-order valence-electron chi connectivity index (χ4n) is 1.67. The van der Waals surface area contributed by atoms with Crippen LogP contribution in [-0.2, 0) is 9.05 Å². The summed E-state index contributed by atoms with van der Waals surface area (Å²) in [7, 11) is 3.28. The molecular weight excluding hydrogens is 282 g/mol. The van der Waals surface area contributed by atoms with Crippen LogP contribution >= 0.6 is 22.0 Å². The highest BCUT2D eigenvalue weighted by Crippen LogP contribution is 2.32. The molecule has 1 aromatic heterocycles. The van der Waals surface area contributed by atoms with E-state index in [0.29, 0.717) is 17.2 Å². The van der Waals surface area contributed by atoms with E-state index in [1.807, 2.05) is 0 Å². The lowest BCUT2D eigenvalue weighted by atomic mass is 10.2. The lowest BCUT2D eigenvalue weighted by Crippen LogP contribution is -2.28. The highest BCUT2D eigenvalue weighted by Gasteiger charge is 2.32. The van der Waals surface area contributed by atoms with Crippen molar-refractivity contribution in [3.8, 4) is 0 Å². The predicted octanol–water partition coefficient (Wildman–Crippen LogP) is 2.22. The van der Waals surface area contributed by atoms with Crippen LogP contribution in [0.5, 0.6) is 0 Å². The summed E-state index contributed by atoms with van der Waals surface area (Å²) in [6, 6.07) is 0.304. The Morgan fingerprint density at radius 2 is 2.12 bits per heavy atom. The van der Waals surface area contributed by atoms with Crippen molar-refractivity contribution in [2.45, 2.75) is 30.0 Å². The first-order valence-corrected chi connectivity index (χ1v) is 8.31. The molecule has 1 amide bonds. The Balaban J connectivity index is 2.34. The van der Waals surface area contributed by atoms with Crippen LogP contribution in [0.25, 0.3) is 0 Å². The Kier molecular flexibility index (Phi) is 3.22. The number of nitrogens with zero attached hydrogens (tertiary/aromatic N) is 1. The molecule has 0 N–H and O–H groups in total. The van der Waals surface area contributed by atoms with Gasteiger partial charge in [0.1, 0.15) is 4.21 Å². The molecule has 1 aliphatic rings. The van der Waals surface area contributed by atoms with E-state index in [1.165, 1.54) is 0 Å². The topological polar surface area (TPSA) is 54.5 Å². The molecule has 1 aliphatic carbocycles. The van der Waals surface area contributed by atoms with Gasteiger partial charge < -0.3 is 4.90 Å². The zero-order valence-corrected chi connectivity index (χ0v) is 11.8. The molecular formula is C10H12ClNO3S2. The quantitative estimate of drug-likeness (QED) is 0.803. The largest absolute Gasteiger partial charge is 0.339 e. The molecule has 7 heteroatoms. The van der Waals surface area contributed by atoms with E-state index in [2.05, 4.69) is 0 Å². The summed E-state index contributed by atoms with van der Waals surface area (Å²) >= 11 is 0.994. The summed E-state index contributed by atoms with van der Waals surface area (Å²) < 4.78 is 22.6. The van der Waals surface area contributed by atoms with Crippen LogP contribution in [0, 0.1) is 6.92 Å². The normalized spacial score (nSPS) is 15.9.